The molecule has 0 saturated carbocycles. The van der Waals surface area contributed by atoms with Crippen LogP contribution in [0.2, 0.25) is 0 Å². The van der Waals surface area contributed by atoms with Gasteiger partial charge < -0.3 is 4.57 Å². The minimum atomic E-state index is 0.632. The number of para-hydroxylation sites is 1. The van der Waals surface area contributed by atoms with E-state index in [4.69, 9.17) is 9.98 Å². The Morgan fingerprint density at radius 3 is 2.00 bits per heavy atom. The minimum Gasteiger partial charge on any atom is -0.309 e. The van der Waals surface area contributed by atoms with Gasteiger partial charge in [0.05, 0.1) is 16.7 Å². The van der Waals surface area contributed by atoms with Crippen LogP contribution in [-0.2, 0) is 0 Å². The molecule has 0 saturated heterocycles. The van der Waals surface area contributed by atoms with E-state index in [2.05, 4.69) is 157 Å². The SMILES string of the molecule is C=C(N=C(N=C(C)C(/C=C\C)=C/C)c1ccccc1)c1ccc(-n2c3ccccc3c3c4ccc(-c5cc6ccccc6c6ccccc56)cc4ccc32)cc1. The molecule has 0 unspecified atom stereocenters. The predicted octanol–water partition coefficient (Wildman–Crippen LogP) is 14.3. The van der Waals surface area contributed by atoms with E-state index < -0.39 is 0 Å². The van der Waals surface area contributed by atoms with E-state index in [1.54, 1.807) is 0 Å². The fourth-order valence-electron chi connectivity index (χ4n) is 8.10. The van der Waals surface area contributed by atoms with Crippen molar-refractivity contribution in [2.24, 2.45) is 9.98 Å². The molecule has 3 heteroatoms. The molecule has 0 atom stereocenters. The van der Waals surface area contributed by atoms with Crippen LogP contribution in [0.5, 0.6) is 0 Å². The highest BCUT2D eigenvalue weighted by atomic mass is 15.0. The van der Waals surface area contributed by atoms with Crippen LogP contribution in [0.4, 0.5) is 0 Å². The molecule has 0 radical (unpaired) electrons. The van der Waals surface area contributed by atoms with Crippen molar-refractivity contribution in [2.45, 2.75) is 20.8 Å². The number of nitrogens with zero attached hydrogens (tertiary/aromatic N) is 3. The summed E-state index contributed by atoms with van der Waals surface area (Å²) in [5.74, 6) is 0.632. The summed E-state index contributed by atoms with van der Waals surface area (Å²) in [7, 11) is 0. The summed E-state index contributed by atoms with van der Waals surface area (Å²) in [6.45, 7) is 10.5. The zero-order valence-electron chi connectivity index (χ0n) is 31.9. The predicted molar refractivity (Wildman–Crippen MR) is 242 cm³/mol. The first-order valence-corrected chi connectivity index (χ1v) is 19.2. The van der Waals surface area contributed by atoms with Crippen molar-refractivity contribution in [3.63, 3.8) is 0 Å². The molecule has 9 rings (SSSR count). The molecule has 56 heavy (non-hydrogen) atoms. The topological polar surface area (TPSA) is 29.6 Å². The molecule has 0 aliphatic rings. The van der Waals surface area contributed by atoms with Crippen LogP contribution in [0, 0.1) is 0 Å². The maximum absolute atomic E-state index is 5.00. The molecule has 0 amide bonds. The Kier molecular flexibility index (Phi) is 9.05. The van der Waals surface area contributed by atoms with E-state index in [1.165, 1.54) is 65.3 Å². The van der Waals surface area contributed by atoms with Gasteiger partial charge in [0.2, 0.25) is 0 Å². The average molecular weight is 720 g/mol. The van der Waals surface area contributed by atoms with Gasteiger partial charge in [0.25, 0.3) is 0 Å². The van der Waals surface area contributed by atoms with Crippen molar-refractivity contribution in [3.8, 4) is 16.8 Å². The van der Waals surface area contributed by atoms with E-state index in [-0.39, 0.29) is 0 Å². The third-order valence-corrected chi connectivity index (χ3v) is 10.8. The number of aromatic nitrogens is 1. The van der Waals surface area contributed by atoms with E-state index in [0.717, 1.165) is 28.1 Å². The molecule has 0 aliphatic carbocycles. The molecule has 0 aliphatic heterocycles. The fraction of sp³-hybridized carbons (Fsp3) is 0.0566. The van der Waals surface area contributed by atoms with Gasteiger partial charge in [-0.15, -0.1) is 0 Å². The Labute approximate surface area is 327 Å². The Hall–Kier alpha value is -7.10. The lowest BCUT2D eigenvalue weighted by atomic mass is 9.92. The van der Waals surface area contributed by atoms with Crippen molar-refractivity contribution in [1.82, 2.24) is 4.57 Å². The number of benzene rings is 8. The minimum absolute atomic E-state index is 0.632. The number of aliphatic imine (C=N–C) groups is 2. The number of allylic oxidation sites excluding steroid dienone is 4. The van der Waals surface area contributed by atoms with Crippen LogP contribution in [-0.4, -0.2) is 16.1 Å². The van der Waals surface area contributed by atoms with Crippen LogP contribution in [0.25, 0.3) is 76.6 Å². The molecular weight excluding hydrogens is 679 g/mol. The number of fused-ring (bicyclic) bond motifs is 8. The van der Waals surface area contributed by atoms with Gasteiger partial charge >= 0.3 is 0 Å². The largest absolute Gasteiger partial charge is 0.309 e. The van der Waals surface area contributed by atoms with Gasteiger partial charge in [-0.1, -0.05) is 152 Å². The maximum Gasteiger partial charge on any atom is 0.160 e. The van der Waals surface area contributed by atoms with Crippen LogP contribution in [0.15, 0.2) is 204 Å². The average Bonchev–Trinajstić information content (AvgIpc) is 3.60. The monoisotopic (exact) mass is 719 g/mol. The smallest absolute Gasteiger partial charge is 0.160 e. The number of hydrogen-bond donors (Lipinski definition) is 0. The zero-order chi connectivity index (χ0) is 38.2. The van der Waals surface area contributed by atoms with Gasteiger partial charge in [0.15, 0.2) is 5.84 Å². The van der Waals surface area contributed by atoms with Gasteiger partial charge in [-0.05, 0) is 112 Å². The molecule has 3 nitrogen and oxygen atoms in total. The van der Waals surface area contributed by atoms with Gasteiger partial charge in [-0.2, -0.15) is 0 Å². The van der Waals surface area contributed by atoms with Crippen LogP contribution >= 0.6 is 0 Å². The van der Waals surface area contributed by atoms with Crippen molar-refractivity contribution < 1.29 is 0 Å². The molecule has 8 aromatic carbocycles. The van der Waals surface area contributed by atoms with E-state index >= 15 is 0 Å². The summed E-state index contributed by atoms with van der Waals surface area (Å²) in [6.07, 6.45) is 6.16. The molecule has 0 fully saturated rings. The summed E-state index contributed by atoms with van der Waals surface area (Å²) < 4.78 is 2.37. The van der Waals surface area contributed by atoms with Crippen molar-refractivity contribution in [3.05, 3.63) is 205 Å². The van der Waals surface area contributed by atoms with Crippen LogP contribution in [0.3, 0.4) is 0 Å². The number of hydrogen-bond acceptors (Lipinski definition) is 1. The molecule has 1 heterocycles. The van der Waals surface area contributed by atoms with Gasteiger partial charge in [0, 0.05) is 27.7 Å². The Bertz CT molecular complexity index is 3100. The lowest BCUT2D eigenvalue weighted by molar-refractivity contribution is 1.18. The van der Waals surface area contributed by atoms with Crippen molar-refractivity contribution >= 4 is 71.4 Å². The second kappa shape index (κ2) is 14.6. The number of rotatable bonds is 7. The molecule has 0 N–H and O–H groups in total. The standard InChI is InChI=1S/C53H41N3/c1-5-16-37(6-2)35(3)54-53(39-17-8-7-9-18-39)55-36(4)38-25-29-43(30-26-38)56-50-24-15-14-23-48(50)52-45-31-27-42(33-41(45)28-32-51(52)56)49-34-40-19-10-11-20-44(40)46-21-12-13-22-47(46)49/h5-34H,4H2,1-3H3/b16-5-,37-6+,54-35?,55-53?. The van der Waals surface area contributed by atoms with Gasteiger partial charge in [0.1, 0.15) is 0 Å². The second-order valence-electron chi connectivity index (χ2n) is 14.2. The van der Waals surface area contributed by atoms with Crippen LogP contribution in [0.1, 0.15) is 31.9 Å². The van der Waals surface area contributed by atoms with E-state index in [1.807, 2.05) is 57.2 Å². The summed E-state index contributed by atoms with van der Waals surface area (Å²) in [5, 5.41) is 10.0. The first-order valence-electron chi connectivity index (χ1n) is 19.2. The summed E-state index contributed by atoms with van der Waals surface area (Å²) in [5.41, 5.74) is 10.4. The van der Waals surface area contributed by atoms with Crippen molar-refractivity contribution in [1.29, 1.82) is 0 Å². The Balaban J connectivity index is 1.12. The zero-order valence-corrected chi connectivity index (χ0v) is 31.9. The van der Waals surface area contributed by atoms with Gasteiger partial charge in [-0.25, -0.2) is 9.98 Å². The normalized spacial score (nSPS) is 12.9. The molecule has 0 bridgehead atoms. The molecule has 268 valence electrons. The summed E-state index contributed by atoms with van der Waals surface area (Å²) >= 11 is 0. The van der Waals surface area contributed by atoms with Crippen molar-refractivity contribution in [2.75, 3.05) is 0 Å². The molecular formula is C53H41N3. The lowest BCUT2D eigenvalue weighted by Crippen LogP contribution is -2.04. The maximum atomic E-state index is 5.00. The highest BCUT2D eigenvalue weighted by Gasteiger charge is 2.16. The highest BCUT2D eigenvalue weighted by Crippen LogP contribution is 2.40. The summed E-state index contributed by atoms with van der Waals surface area (Å²) in [6, 6.07) is 58.7. The Morgan fingerprint density at radius 2 is 1.23 bits per heavy atom. The number of amidine groups is 1. The van der Waals surface area contributed by atoms with Gasteiger partial charge in [-0.3, -0.25) is 0 Å². The first-order chi connectivity index (χ1) is 27.5. The molecule has 0 spiro atoms. The van der Waals surface area contributed by atoms with Crippen LogP contribution < -0.4 is 0 Å². The highest BCUT2D eigenvalue weighted by molar-refractivity contribution is 6.22. The van der Waals surface area contributed by atoms with E-state index in [0.29, 0.717) is 11.5 Å². The summed E-state index contributed by atoms with van der Waals surface area (Å²) in [4.78, 5) is 9.98. The third-order valence-electron chi connectivity index (χ3n) is 10.8. The first kappa shape index (κ1) is 34.7. The van der Waals surface area contributed by atoms with E-state index in [9.17, 15) is 0 Å². The quantitative estimate of drug-likeness (QED) is 0.0679. The Morgan fingerprint density at radius 1 is 0.554 bits per heavy atom. The second-order valence-corrected chi connectivity index (χ2v) is 14.2. The molecule has 9 aromatic rings. The fourth-order valence-corrected chi connectivity index (χ4v) is 8.10. The molecule has 1 aromatic heterocycles. The third kappa shape index (κ3) is 6.14. The lowest BCUT2D eigenvalue weighted by Gasteiger charge is -2.13.